The standard InChI is InChI=1S/C9H14N4O2/c1-5-4-7(15-3)12-9(11-5)13-8(14)6(2)10/h4,6H,10H2,1-3H3,(H,11,12,13,14)/t6-/m0/s1. The fourth-order valence-corrected chi connectivity index (χ4v) is 0.924. The van der Waals surface area contributed by atoms with E-state index in [0.29, 0.717) is 11.6 Å². The highest BCUT2D eigenvalue weighted by Crippen LogP contribution is 2.10. The highest BCUT2D eigenvalue weighted by molar-refractivity contribution is 5.92. The second kappa shape index (κ2) is 4.70. The molecular weight excluding hydrogens is 196 g/mol. The van der Waals surface area contributed by atoms with Gasteiger partial charge in [0.1, 0.15) is 0 Å². The number of aryl methyl sites for hydroxylation is 1. The Labute approximate surface area is 87.9 Å². The van der Waals surface area contributed by atoms with Gasteiger partial charge in [-0.25, -0.2) is 4.98 Å². The van der Waals surface area contributed by atoms with Gasteiger partial charge in [0.05, 0.1) is 13.2 Å². The van der Waals surface area contributed by atoms with Crippen molar-refractivity contribution in [3.63, 3.8) is 0 Å². The average molecular weight is 210 g/mol. The van der Waals surface area contributed by atoms with Gasteiger partial charge in [0.25, 0.3) is 0 Å². The van der Waals surface area contributed by atoms with Crippen LogP contribution in [0, 0.1) is 6.92 Å². The minimum atomic E-state index is -0.597. The number of amides is 1. The molecule has 6 nitrogen and oxygen atoms in total. The fraction of sp³-hybridized carbons (Fsp3) is 0.444. The first-order chi connectivity index (χ1) is 7.02. The predicted octanol–water partition coefficient (Wildman–Crippen LogP) is 0.0793. The van der Waals surface area contributed by atoms with Crippen molar-refractivity contribution in [1.29, 1.82) is 0 Å². The van der Waals surface area contributed by atoms with Crippen LogP contribution >= 0.6 is 0 Å². The minimum absolute atomic E-state index is 0.203. The van der Waals surface area contributed by atoms with Gasteiger partial charge in [0.15, 0.2) is 0 Å². The molecule has 3 N–H and O–H groups in total. The molecule has 0 aliphatic carbocycles. The molecule has 1 aromatic heterocycles. The van der Waals surface area contributed by atoms with E-state index in [1.54, 1.807) is 19.9 Å². The van der Waals surface area contributed by atoms with Crippen LogP contribution in [0.2, 0.25) is 0 Å². The van der Waals surface area contributed by atoms with Crippen molar-refractivity contribution >= 4 is 11.9 Å². The number of anilines is 1. The van der Waals surface area contributed by atoms with Gasteiger partial charge in [-0.15, -0.1) is 0 Å². The Morgan fingerprint density at radius 1 is 1.60 bits per heavy atom. The van der Waals surface area contributed by atoms with Crippen LogP contribution in [0.3, 0.4) is 0 Å². The first kappa shape index (κ1) is 11.4. The van der Waals surface area contributed by atoms with Crippen LogP contribution in [0.4, 0.5) is 5.95 Å². The lowest BCUT2D eigenvalue weighted by Crippen LogP contribution is -2.33. The number of carbonyl (C=O) groups is 1. The molecule has 15 heavy (non-hydrogen) atoms. The first-order valence-electron chi connectivity index (χ1n) is 4.49. The van der Waals surface area contributed by atoms with Crippen LogP contribution in [0.25, 0.3) is 0 Å². The van der Waals surface area contributed by atoms with E-state index in [0.717, 1.165) is 0 Å². The molecule has 1 rings (SSSR count). The molecule has 0 aliphatic heterocycles. The number of aromatic nitrogens is 2. The van der Waals surface area contributed by atoms with Crippen molar-refractivity contribution in [2.45, 2.75) is 19.9 Å². The Morgan fingerprint density at radius 2 is 2.27 bits per heavy atom. The minimum Gasteiger partial charge on any atom is -0.481 e. The summed E-state index contributed by atoms with van der Waals surface area (Å²) >= 11 is 0. The zero-order chi connectivity index (χ0) is 11.4. The molecule has 1 heterocycles. The monoisotopic (exact) mass is 210 g/mol. The zero-order valence-electron chi connectivity index (χ0n) is 8.94. The summed E-state index contributed by atoms with van der Waals surface area (Å²) in [6, 6.07) is 1.07. The van der Waals surface area contributed by atoms with Crippen molar-refractivity contribution in [3.8, 4) is 5.88 Å². The van der Waals surface area contributed by atoms with Crippen molar-refractivity contribution in [2.24, 2.45) is 5.73 Å². The summed E-state index contributed by atoms with van der Waals surface area (Å²) in [7, 11) is 1.50. The summed E-state index contributed by atoms with van der Waals surface area (Å²) in [5, 5.41) is 2.49. The fourth-order valence-electron chi connectivity index (χ4n) is 0.924. The summed E-state index contributed by atoms with van der Waals surface area (Å²) in [5.41, 5.74) is 6.10. The maximum atomic E-state index is 11.3. The van der Waals surface area contributed by atoms with Crippen LogP contribution in [-0.2, 0) is 4.79 Å². The predicted molar refractivity (Wildman–Crippen MR) is 55.6 cm³/mol. The van der Waals surface area contributed by atoms with Gasteiger partial charge in [-0.1, -0.05) is 0 Å². The van der Waals surface area contributed by atoms with E-state index in [1.165, 1.54) is 7.11 Å². The molecular formula is C9H14N4O2. The Hall–Kier alpha value is -1.69. The first-order valence-corrected chi connectivity index (χ1v) is 4.49. The SMILES string of the molecule is COc1cc(C)nc(NC(=O)[C@H](C)N)n1. The van der Waals surface area contributed by atoms with Crippen molar-refractivity contribution in [2.75, 3.05) is 12.4 Å². The highest BCUT2D eigenvalue weighted by Gasteiger charge is 2.10. The van der Waals surface area contributed by atoms with E-state index < -0.39 is 6.04 Å². The number of nitrogens with one attached hydrogen (secondary N) is 1. The lowest BCUT2D eigenvalue weighted by atomic mass is 10.3. The molecule has 0 fully saturated rings. The number of nitrogens with zero attached hydrogens (tertiary/aromatic N) is 2. The number of hydrogen-bond acceptors (Lipinski definition) is 5. The molecule has 0 radical (unpaired) electrons. The van der Waals surface area contributed by atoms with E-state index in [9.17, 15) is 4.79 Å². The molecule has 82 valence electrons. The second-order valence-corrected chi connectivity index (χ2v) is 3.15. The maximum absolute atomic E-state index is 11.3. The van der Waals surface area contributed by atoms with E-state index in [-0.39, 0.29) is 11.9 Å². The lowest BCUT2D eigenvalue weighted by molar-refractivity contribution is -0.117. The number of ether oxygens (including phenoxy) is 1. The molecule has 1 amide bonds. The number of nitrogens with two attached hydrogens (primary N) is 1. The summed E-state index contributed by atoms with van der Waals surface area (Å²) in [6.07, 6.45) is 0. The molecule has 0 saturated heterocycles. The van der Waals surface area contributed by atoms with Crippen LogP contribution in [-0.4, -0.2) is 29.0 Å². The largest absolute Gasteiger partial charge is 0.481 e. The quantitative estimate of drug-likeness (QED) is 0.737. The number of hydrogen-bond donors (Lipinski definition) is 2. The average Bonchev–Trinajstić information content (AvgIpc) is 2.16. The van der Waals surface area contributed by atoms with E-state index >= 15 is 0 Å². The number of methoxy groups -OCH3 is 1. The molecule has 1 atom stereocenters. The molecule has 0 spiro atoms. The van der Waals surface area contributed by atoms with Crippen LogP contribution in [0.5, 0.6) is 5.88 Å². The molecule has 6 heteroatoms. The summed E-state index contributed by atoms with van der Waals surface area (Å²) in [6.45, 7) is 3.37. The number of carbonyl (C=O) groups excluding carboxylic acids is 1. The third-order valence-corrected chi connectivity index (χ3v) is 1.69. The zero-order valence-corrected chi connectivity index (χ0v) is 8.94. The Kier molecular flexibility index (Phi) is 3.56. The van der Waals surface area contributed by atoms with E-state index in [1.807, 2.05) is 0 Å². The van der Waals surface area contributed by atoms with E-state index in [4.69, 9.17) is 10.5 Å². The van der Waals surface area contributed by atoms with Crippen LogP contribution in [0.15, 0.2) is 6.07 Å². The summed E-state index contributed by atoms with van der Waals surface area (Å²) < 4.78 is 4.94. The topological polar surface area (TPSA) is 90.1 Å². The van der Waals surface area contributed by atoms with Gasteiger partial charge < -0.3 is 10.5 Å². The molecule has 1 aromatic rings. The molecule has 0 aliphatic rings. The van der Waals surface area contributed by atoms with Gasteiger partial charge >= 0.3 is 0 Å². The van der Waals surface area contributed by atoms with Crippen LogP contribution < -0.4 is 15.8 Å². The Bertz CT molecular complexity index is 365. The van der Waals surface area contributed by atoms with Gasteiger partial charge in [0, 0.05) is 11.8 Å². The third kappa shape index (κ3) is 3.17. The molecule has 0 saturated carbocycles. The van der Waals surface area contributed by atoms with E-state index in [2.05, 4.69) is 15.3 Å². The van der Waals surface area contributed by atoms with Crippen molar-refractivity contribution in [1.82, 2.24) is 9.97 Å². The smallest absolute Gasteiger partial charge is 0.243 e. The summed E-state index contributed by atoms with van der Waals surface area (Å²) in [4.78, 5) is 19.2. The molecule has 0 unspecified atom stereocenters. The lowest BCUT2D eigenvalue weighted by Gasteiger charge is -2.07. The highest BCUT2D eigenvalue weighted by atomic mass is 16.5. The second-order valence-electron chi connectivity index (χ2n) is 3.15. The summed E-state index contributed by atoms with van der Waals surface area (Å²) in [5.74, 6) is 0.277. The van der Waals surface area contributed by atoms with Crippen molar-refractivity contribution in [3.05, 3.63) is 11.8 Å². The normalized spacial score (nSPS) is 12.0. The van der Waals surface area contributed by atoms with Gasteiger partial charge in [0.2, 0.25) is 17.7 Å². The third-order valence-electron chi connectivity index (χ3n) is 1.69. The Balaban J connectivity index is 2.85. The van der Waals surface area contributed by atoms with Gasteiger partial charge in [-0.2, -0.15) is 4.98 Å². The van der Waals surface area contributed by atoms with Crippen LogP contribution in [0.1, 0.15) is 12.6 Å². The Morgan fingerprint density at radius 3 is 2.80 bits per heavy atom. The maximum Gasteiger partial charge on any atom is 0.243 e. The van der Waals surface area contributed by atoms with Crippen molar-refractivity contribution < 1.29 is 9.53 Å². The molecule has 0 aromatic carbocycles. The van der Waals surface area contributed by atoms with Gasteiger partial charge in [-0.05, 0) is 13.8 Å². The number of rotatable bonds is 3. The molecule has 0 bridgehead atoms. The van der Waals surface area contributed by atoms with Gasteiger partial charge in [-0.3, -0.25) is 10.1 Å².